The average molecular weight is 560 g/mol. The molecule has 2 saturated heterocycles. The Bertz CT molecular complexity index is 1270. The molecule has 1 N–H and O–H groups in total. The monoisotopic (exact) mass is 559 g/mol. The highest BCUT2D eigenvalue weighted by Crippen LogP contribution is 2.37. The van der Waals surface area contributed by atoms with Crippen molar-refractivity contribution in [1.82, 2.24) is 9.21 Å². The maximum absolute atomic E-state index is 13.5. The van der Waals surface area contributed by atoms with E-state index >= 15 is 0 Å². The molecule has 2 aliphatic rings. The van der Waals surface area contributed by atoms with Crippen LogP contribution in [0.4, 0.5) is 10.5 Å². The molecule has 0 radical (unpaired) electrons. The van der Waals surface area contributed by atoms with E-state index in [0.717, 1.165) is 32.6 Å². The summed E-state index contributed by atoms with van der Waals surface area (Å²) in [6, 6.07) is 15.7. The lowest BCUT2D eigenvalue weighted by molar-refractivity contribution is -0.123. The summed E-state index contributed by atoms with van der Waals surface area (Å²) < 4.78 is 35.3. The van der Waals surface area contributed by atoms with Crippen LogP contribution in [-0.4, -0.2) is 69.0 Å². The van der Waals surface area contributed by atoms with Crippen molar-refractivity contribution in [3.63, 3.8) is 0 Å². The Hall–Kier alpha value is -3.05. The van der Waals surface area contributed by atoms with Crippen LogP contribution in [0.5, 0.6) is 5.75 Å². The van der Waals surface area contributed by atoms with Crippen LogP contribution >= 0.6 is 0 Å². The van der Waals surface area contributed by atoms with Gasteiger partial charge in [-0.15, -0.1) is 0 Å². The van der Waals surface area contributed by atoms with Crippen LogP contribution in [0, 0.1) is 5.92 Å². The highest BCUT2D eigenvalue weighted by Gasteiger charge is 2.44. The zero-order valence-electron chi connectivity index (χ0n) is 22.3. The Balaban J connectivity index is 1.60. The van der Waals surface area contributed by atoms with Crippen LogP contribution in [0.3, 0.4) is 0 Å². The number of hydrogen-bond acceptors (Lipinski definition) is 5. The summed E-state index contributed by atoms with van der Waals surface area (Å²) in [4.78, 5) is 25.7. The second-order valence-electron chi connectivity index (χ2n) is 11.3. The molecule has 11 heteroatoms. The first-order valence-corrected chi connectivity index (χ1v) is 18.2. The number of carboxylic acid groups (broad SMARTS) is 1. The number of anilines is 1. The molecule has 1 unspecified atom stereocenters. The molecule has 0 bridgehead atoms. The van der Waals surface area contributed by atoms with Crippen LogP contribution in [-0.2, 0) is 28.0 Å². The van der Waals surface area contributed by atoms with E-state index in [4.69, 9.17) is 4.74 Å². The highest BCUT2D eigenvalue weighted by atomic mass is 32.2. The van der Waals surface area contributed by atoms with Crippen molar-refractivity contribution < 1.29 is 27.9 Å². The molecule has 38 heavy (non-hydrogen) atoms. The molecule has 2 heterocycles. The summed E-state index contributed by atoms with van der Waals surface area (Å²) >= 11 is 0. The smallest absolute Gasteiger partial charge is 0.407 e. The van der Waals surface area contributed by atoms with E-state index in [-0.39, 0.29) is 25.6 Å². The van der Waals surface area contributed by atoms with Crippen molar-refractivity contribution in [2.24, 2.45) is 5.92 Å². The van der Waals surface area contributed by atoms with Gasteiger partial charge in [-0.3, -0.25) is 4.79 Å². The molecule has 1 atom stereocenters. The van der Waals surface area contributed by atoms with E-state index in [0.29, 0.717) is 37.0 Å². The molecule has 2 amide bonds. The van der Waals surface area contributed by atoms with E-state index in [1.807, 2.05) is 42.5 Å². The zero-order valence-corrected chi connectivity index (χ0v) is 24.1. The fraction of sp³-hybridized carbons (Fsp3) is 0.481. The van der Waals surface area contributed by atoms with E-state index in [9.17, 15) is 23.1 Å². The number of rotatable bonds is 9. The van der Waals surface area contributed by atoms with E-state index in [1.165, 1.54) is 4.90 Å². The Labute approximate surface area is 226 Å². The summed E-state index contributed by atoms with van der Waals surface area (Å²) in [5.74, 6) is 0.125. The van der Waals surface area contributed by atoms with Crippen LogP contribution in [0.25, 0.3) is 0 Å². The van der Waals surface area contributed by atoms with E-state index in [2.05, 4.69) is 19.6 Å². The quantitative estimate of drug-likeness (QED) is 0.456. The van der Waals surface area contributed by atoms with E-state index in [1.54, 1.807) is 6.07 Å². The largest absolute Gasteiger partial charge is 0.487 e. The van der Waals surface area contributed by atoms with Gasteiger partial charge in [-0.25, -0.2) is 13.4 Å². The van der Waals surface area contributed by atoms with Crippen LogP contribution in [0.2, 0.25) is 25.7 Å². The Morgan fingerprint density at radius 1 is 1.11 bits per heavy atom. The maximum Gasteiger partial charge on any atom is 0.407 e. The molecule has 0 spiro atoms. The number of carbonyl (C=O) groups is 2. The molecule has 0 saturated carbocycles. The molecule has 2 aromatic carbocycles. The summed E-state index contributed by atoms with van der Waals surface area (Å²) in [7, 11) is -5.59. The average Bonchev–Trinajstić information content (AvgIpc) is 3.09. The standard InChI is InChI=1S/C27H37N3O6SSi/c1-38(2,3)15-14-29-26(31)19-30(37(29,34)35)24-12-11-22(16-23-10-7-13-28(18-23)27(32)33)17-25(24)36-20-21-8-5-4-6-9-21/h4-6,8-9,11-12,17,23H,7,10,13-16,18-20H2,1-3H3,(H,32,33). The second-order valence-corrected chi connectivity index (χ2v) is 18.7. The van der Waals surface area contributed by atoms with Gasteiger partial charge in [-0.05, 0) is 54.5 Å². The molecule has 2 aromatic rings. The predicted octanol–water partition coefficient (Wildman–Crippen LogP) is 4.43. The van der Waals surface area contributed by atoms with Crippen molar-refractivity contribution in [3.05, 3.63) is 59.7 Å². The van der Waals surface area contributed by atoms with Gasteiger partial charge >= 0.3 is 16.3 Å². The lowest BCUT2D eigenvalue weighted by atomic mass is 9.91. The zero-order chi connectivity index (χ0) is 27.5. The first kappa shape index (κ1) is 28.0. The topological polar surface area (TPSA) is 107 Å². The first-order chi connectivity index (χ1) is 17.9. The van der Waals surface area contributed by atoms with Crippen molar-refractivity contribution >= 4 is 36.0 Å². The van der Waals surface area contributed by atoms with Gasteiger partial charge in [-0.2, -0.15) is 8.42 Å². The molecule has 4 rings (SSSR count). The van der Waals surface area contributed by atoms with Gasteiger partial charge in [0.05, 0.1) is 5.69 Å². The minimum atomic E-state index is -4.03. The number of carbonyl (C=O) groups excluding carboxylic acids is 1. The Morgan fingerprint density at radius 3 is 2.53 bits per heavy atom. The Kier molecular flexibility index (Phi) is 8.36. The first-order valence-electron chi connectivity index (χ1n) is 13.0. The fourth-order valence-electron chi connectivity index (χ4n) is 4.90. The normalized spacial score (nSPS) is 19.6. The highest BCUT2D eigenvalue weighted by molar-refractivity contribution is 7.91. The molecule has 2 fully saturated rings. The van der Waals surface area contributed by atoms with Gasteiger partial charge in [0.25, 0.3) is 5.91 Å². The van der Waals surface area contributed by atoms with Gasteiger partial charge in [0.15, 0.2) is 0 Å². The number of hydrogen-bond donors (Lipinski definition) is 1. The molecule has 0 aromatic heterocycles. The third kappa shape index (κ3) is 6.68. The van der Waals surface area contributed by atoms with E-state index < -0.39 is 30.3 Å². The maximum atomic E-state index is 13.5. The minimum absolute atomic E-state index is 0.168. The molecule has 9 nitrogen and oxygen atoms in total. The SMILES string of the molecule is C[Si](C)(C)CCN1C(=O)CN(c2ccc(CC3CCCN(C(=O)O)C3)cc2OCc2ccccc2)S1(=O)=O. The van der Waals surface area contributed by atoms with Crippen molar-refractivity contribution in [2.75, 3.05) is 30.5 Å². The van der Waals surface area contributed by atoms with Crippen LogP contribution in [0.15, 0.2) is 48.5 Å². The second kappa shape index (κ2) is 11.4. The van der Waals surface area contributed by atoms with Crippen LogP contribution in [0.1, 0.15) is 24.0 Å². The number of likely N-dealkylation sites (tertiary alicyclic amines) is 1. The van der Waals surface area contributed by atoms with Crippen molar-refractivity contribution in [1.29, 1.82) is 0 Å². The van der Waals surface area contributed by atoms with Gasteiger partial charge in [0.1, 0.15) is 18.9 Å². The summed E-state index contributed by atoms with van der Waals surface area (Å²) in [5, 5.41) is 9.39. The number of amides is 2. The van der Waals surface area contributed by atoms with Gasteiger partial charge in [-0.1, -0.05) is 56.0 Å². The number of ether oxygens (including phenoxy) is 1. The molecular weight excluding hydrogens is 522 g/mol. The van der Waals surface area contributed by atoms with Gasteiger partial charge in [0.2, 0.25) is 0 Å². The lowest BCUT2D eigenvalue weighted by Gasteiger charge is -2.31. The lowest BCUT2D eigenvalue weighted by Crippen LogP contribution is -2.39. The molecule has 0 aliphatic carbocycles. The fourth-order valence-corrected chi connectivity index (χ4v) is 7.50. The third-order valence-electron chi connectivity index (χ3n) is 7.02. The van der Waals surface area contributed by atoms with Gasteiger partial charge in [0, 0.05) is 27.7 Å². The number of nitrogens with zero attached hydrogens (tertiary/aromatic N) is 3. The molecule has 206 valence electrons. The third-order valence-corrected chi connectivity index (χ3v) is 10.6. The number of benzene rings is 2. The summed E-state index contributed by atoms with van der Waals surface area (Å²) in [5.41, 5.74) is 2.21. The Morgan fingerprint density at radius 2 is 1.84 bits per heavy atom. The molecular formula is C27H37N3O6SSi. The van der Waals surface area contributed by atoms with Crippen LogP contribution < -0.4 is 9.04 Å². The summed E-state index contributed by atoms with van der Waals surface area (Å²) in [6.07, 6.45) is 1.49. The van der Waals surface area contributed by atoms with Crippen molar-refractivity contribution in [2.45, 2.75) is 51.6 Å². The minimum Gasteiger partial charge on any atom is -0.487 e. The van der Waals surface area contributed by atoms with Crippen molar-refractivity contribution in [3.8, 4) is 5.75 Å². The summed E-state index contributed by atoms with van der Waals surface area (Å²) in [6.45, 7) is 7.63. The van der Waals surface area contributed by atoms with Gasteiger partial charge < -0.3 is 14.7 Å². The predicted molar refractivity (Wildman–Crippen MR) is 149 cm³/mol. The number of piperidine rings is 1. The molecule has 2 aliphatic heterocycles.